The maximum absolute atomic E-state index is 2.89. The summed E-state index contributed by atoms with van der Waals surface area (Å²) in [5, 5.41) is 0. The van der Waals surface area contributed by atoms with E-state index in [1.165, 1.54) is 82.0 Å². The molecule has 4 heteroatoms. The first kappa shape index (κ1) is 29.8. The molecular weight excluding hydrogens is 440 g/mol. The Kier molecular flexibility index (Phi) is 26.4. The van der Waals surface area contributed by atoms with Crippen molar-refractivity contribution in [2.24, 2.45) is 0 Å². The van der Waals surface area contributed by atoms with Gasteiger partial charge in [-0.15, -0.1) is 0 Å². The van der Waals surface area contributed by atoms with E-state index in [4.69, 9.17) is 0 Å². The molecule has 1 heterocycles. The van der Waals surface area contributed by atoms with Crippen molar-refractivity contribution in [3.63, 3.8) is 0 Å². The number of H-pyrrole nitrogens is 1. The van der Waals surface area contributed by atoms with Crippen molar-refractivity contribution in [1.29, 1.82) is 0 Å². The van der Waals surface area contributed by atoms with Crippen LogP contribution >= 0.6 is 0 Å². The van der Waals surface area contributed by atoms with Gasteiger partial charge in [0.2, 0.25) is 0 Å². The van der Waals surface area contributed by atoms with Gasteiger partial charge in [-0.05, 0) is 25.7 Å². The van der Waals surface area contributed by atoms with Gasteiger partial charge >= 0.3 is 0 Å². The van der Waals surface area contributed by atoms with Gasteiger partial charge in [-0.1, -0.05) is 59.4 Å². The van der Waals surface area contributed by atoms with Crippen molar-refractivity contribution in [3.05, 3.63) is 30.6 Å². The molecule has 1 aromatic rings. The molecule has 0 aromatic carbocycles. The zero-order valence-electron chi connectivity index (χ0n) is 17.1. The molecule has 1 N–H and O–H groups in total. The van der Waals surface area contributed by atoms with Crippen LogP contribution in [0.2, 0.25) is 0 Å². The lowest BCUT2D eigenvalue weighted by atomic mass is 10.1. The molecule has 0 amide bonds. The number of halogens is 2. The number of unbranched alkanes of at least 4 members (excludes halogenated alkanes) is 4. The molecule has 1 aromatic heterocycles. The summed E-state index contributed by atoms with van der Waals surface area (Å²) in [5.74, 6) is 0. The number of nitrogens with zero attached hydrogens (tertiary/aromatic N) is 1. The van der Waals surface area contributed by atoms with Crippen LogP contribution in [-0.2, 0) is 0 Å². The van der Waals surface area contributed by atoms with Crippen LogP contribution in [0.4, 0.5) is 0 Å². The van der Waals surface area contributed by atoms with E-state index in [1.807, 2.05) is 30.6 Å². The van der Waals surface area contributed by atoms with Crippen LogP contribution in [0, 0.1) is 0 Å². The molecule has 150 valence electrons. The second-order valence-electron chi connectivity index (χ2n) is 6.73. The van der Waals surface area contributed by atoms with Crippen molar-refractivity contribution >= 4 is 0 Å². The van der Waals surface area contributed by atoms with E-state index in [1.54, 1.807) is 0 Å². The molecule has 0 saturated heterocycles. The zero-order chi connectivity index (χ0) is 17.2. The highest BCUT2D eigenvalue weighted by molar-refractivity contribution is 4.82. The van der Waals surface area contributed by atoms with E-state index in [0.29, 0.717) is 0 Å². The SMILES string of the molecule is CCCC[N+](CCCC)(CCCC)CCCC.[Br-].[Br-].c1cc[nH+]cc1. The Morgan fingerprint density at radius 2 is 0.880 bits per heavy atom. The molecule has 25 heavy (non-hydrogen) atoms. The van der Waals surface area contributed by atoms with Gasteiger partial charge in [0.1, 0.15) is 0 Å². The average Bonchev–Trinajstić information content (AvgIpc) is 2.62. The maximum Gasteiger partial charge on any atom is 0.166 e. The summed E-state index contributed by atoms with van der Waals surface area (Å²) in [7, 11) is 0. The fraction of sp³-hybridized carbons (Fsp3) is 0.762. The lowest BCUT2D eigenvalue weighted by Crippen LogP contribution is -3.00. The molecule has 0 unspecified atom stereocenters. The van der Waals surface area contributed by atoms with Crippen molar-refractivity contribution in [3.8, 4) is 0 Å². The highest BCUT2D eigenvalue weighted by Crippen LogP contribution is 2.16. The summed E-state index contributed by atoms with van der Waals surface area (Å²) in [4.78, 5) is 2.89. The van der Waals surface area contributed by atoms with E-state index in [0.717, 1.165) is 0 Å². The van der Waals surface area contributed by atoms with E-state index in [9.17, 15) is 0 Å². The summed E-state index contributed by atoms with van der Waals surface area (Å²) in [6.07, 6.45) is 14.8. The number of nitrogens with one attached hydrogen (secondary N) is 1. The van der Waals surface area contributed by atoms with Gasteiger partial charge in [-0.3, -0.25) is 0 Å². The van der Waals surface area contributed by atoms with Crippen molar-refractivity contribution in [2.45, 2.75) is 79.1 Å². The van der Waals surface area contributed by atoms with Gasteiger partial charge in [0.05, 0.1) is 26.2 Å². The third-order valence-corrected chi connectivity index (χ3v) is 4.55. The molecule has 0 fully saturated rings. The minimum atomic E-state index is 0. The highest BCUT2D eigenvalue weighted by atomic mass is 79.9. The molecule has 0 aliphatic heterocycles. The van der Waals surface area contributed by atoms with Crippen LogP contribution in [0.25, 0.3) is 0 Å². The Hall–Kier alpha value is 0.0700. The number of pyridine rings is 1. The second-order valence-corrected chi connectivity index (χ2v) is 6.73. The fourth-order valence-corrected chi connectivity index (χ4v) is 2.99. The van der Waals surface area contributed by atoms with Gasteiger partial charge in [0, 0.05) is 12.1 Å². The number of quaternary nitrogens is 1. The van der Waals surface area contributed by atoms with Crippen LogP contribution in [-0.4, -0.2) is 30.7 Å². The van der Waals surface area contributed by atoms with Gasteiger partial charge in [0.15, 0.2) is 12.4 Å². The average molecular weight is 482 g/mol. The molecule has 1 rings (SSSR count). The van der Waals surface area contributed by atoms with E-state index in [2.05, 4.69) is 32.7 Å². The minimum Gasteiger partial charge on any atom is -1.00 e. The summed E-state index contributed by atoms with van der Waals surface area (Å²) < 4.78 is 1.42. The normalized spacial score (nSPS) is 10.1. The molecule has 0 bridgehead atoms. The second kappa shape index (κ2) is 22.1. The van der Waals surface area contributed by atoms with Gasteiger partial charge in [-0.2, -0.15) is 0 Å². The molecule has 0 aliphatic rings. The van der Waals surface area contributed by atoms with Crippen LogP contribution < -0.4 is 38.9 Å². The third kappa shape index (κ3) is 17.3. The van der Waals surface area contributed by atoms with Gasteiger partial charge in [0.25, 0.3) is 0 Å². The first-order chi connectivity index (χ1) is 11.2. The Balaban J connectivity index is -0.000000509. The van der Waals surface area contributed by atoms with E-state index < -0.39 is 0 Å². The molecular formula is C21H42Br2N2. The zero-order valence-corrected chi connectivity index (χ0v) is 20.2. The Bertz CT molecular complexity index is 270. The van der Waals surface area contributed by atoms with Crippen LogP contribution in [0.3, 0.4) is 0 Å². The van der Waals surface area contributed by atoms with Crippen molar-refractivity contribution < 1.29 is 43.4 Å². The van der Waals surface area contributed by atoms with Gasteiger partial charge in [-0.25, -0.2) is 4.98 Å². The topological polar surface area (TPSA) is 14.1 Å². The number of aromatic nitrogens is 1. The first-order valence-electron chi connectivity index (χ1n) is 10.0. The molecule has 0 aliphatic carbocycles. The third-order valence-electron chi connectivity index (χ3n) is 4.55. The molecule has 0 atom stereocenters. The quantitative estimate of drug-likeness (QED) is 0.358. The standard InChI is InChI=1S/C16H36N.C5H5N.2BrH/c1-5-9-13-17(14-10-6-2,15-11-7-3)16-12-8-4;1-2-4-6-5-3-1;;/h5-16H2,1-4H3;1-5H;2*1H/q+1;;;/p-1. The summed E-state index contributed by atoms with van der Waals surface area (Å²) in [5.41, 5.74) is 0. The highest BCUT2D eigenvalue weighted by Gasteiger charge is 2.24. The fourth-order valence-electron chi connectivity index (χ4n) is 2.99. The van der Waals surface area contributed by atoms with Crippen LogP contribution in [0.1, 0.15) is 79.1 Å². The van der Waals surface area contributed by atoms with Crippen molar-refractivity contribution in [2.75, 3.05) is 26.2 Å². The summed E-state index contributed by atoms with van der Waals surface area (Å²) >= 11 is 0. The monoisotopic (exact) mass is 480 g/mol. The lowest BCUT2D eigenvalue weighted by molar-refractivity contribution is -0.929. The molecule has 0 radical (unpaired) electrons. The first-order valence-corrected chi connectivity index (χ1v) is 10.0. The lowest BCUT2D eigenvalue weighted by Gasteiger charge is -2.39. The van der Waals surface area contributed by atoms with Crippen LogP contribution in [0.15, 0.2) is 30.6 Å². The predicted molar refractivity (Wildman–Crippen MR) is 102 cm³/mol. The molecule has 0 saturated carbocycles. The number of hydrogen-bond donors (Lipinski definition) is 0. The summed E-state index contributed by atoms with van der Waals surface area (Å²) in [6.45, 7) is 15.0. The number of aromatic amines is 1. The Morgan fingerprint density at radius 1 is 0.560 bits per heavy atom. The smallest absolute Gasteiger partial charge is 0.166 e. The number of hydrogen-bond acceptors (Lipinski definition) is 0. The Labute approximate surface area is 178 Å². The van der Waals surface area contributed by atoms with E-state index >= 15 is 0 Å². The number of rotatable bonds is 12. The van der Waals surface area contributed by atoms with Crippen LogP contribution in [0.5, 0.6) is 0 Å². The van der Waals surface area contributed by atoms with E-state index in [-0.39, 0.29) is 34.0 Å². The predicted octanol–water partition coefficient (Wildman–Crippen LogP) is -0.488. The van der Waals surface area contributed by atoms with Gasteiger partial charge < -0.3 is 38.4 Å². The largest absolute Gasteiger partial charge is 1.00 e. The Morgan fingerprint density at radius 3 is 1.04 bits per heavy atom. The summed E-state index contributed by atoms with van der Waals surface area (Å²) in [6, 6.07) is 5.86. The molecule has 2 nitrogen and oxygen atoms in total. The minimum absolute atomic E-state index is 0. The van der Waals surface area contributed by atoms with Crippen molar-refractivity contribution in [1.82, 2.24) is 0 Å². The maximum atomic E-state index is 2.89. The molecule has 0 spiro atoms.